The van der Waals surface area contributed by atoms with Gasteiger partial charge in [0.2, 0.25) is 5.91 Å². The number of nitrogens with zero attached hydrogens (tertiary/aromatic N) is 2. The van der Waals surface area contributed by atoms with Crippen LogP contribution in [0.2, 0.25) is 0 Å². The van der Waals surface area contributed by atoms with Crippen molar-refractivity contribution in [3.63, 3.8) is 0 Å². The van der Waals surface area contributed by atoms with Crippen LogP contribution in [0.25, 0.3) is 0 Å². The molecule has 1 rings (SSSR count). The summed E-state index contributed by atoms with van der Waals surface area (Å²) in [4.78, 5) is 12.5. The number of amides is 1. The van der Waals surface area contributed by atoms with Crippen LogP contribution in [0.5, 0.6) is 0 Å². The minimum atomic E-state index is -4.42. The van der Waals surface area contributed by atoms with Crippen LogP contribution in [0.3, 0.4) is 0 Å². The predicted octanol–water partition coefficient (Wildman–Crippen LogP) is 3.75. The molecule has 0 heterocycles. The zero-order chi connectivity index (χ0) is 16.0. The molecule has 1 saturated carbocycles. The van der Waals surface area contributed by atoms with Gasteiger partial charge >= 0.3 is 6.18 Å². The standard InChI is InChI=1S/C15H23F3N2O/c1-11(2)13-5-3-12(4-6-13)9-20(10-15(16,17)18)14(21)7-8-19/h11-13H,3-7,9-10H2,1-2H3. The molecule has 0 aromatic heterocycles. The Morgan fingerprint density at radius 1 is 1.29 bits per heavy atom. The second kappa shape index (κ2) is 7.67. The molecule has 3 nitrogen and oxygen atoms in total. The molecular formula is C15H23F3N2O. The van der Waals surface area contributed by atoms with E-state index in [2.05, 4.69) is 13.8 Å². The van der Waals surface area contributed by atoms with Gasteiger partial charge in [-0.25, -0.2) is 0 Å². The summed E-state index contributed by atoms with van der Waals surface area (Å²) in [5.41, 5.74) is 0. The maximum Gasteiger partial charge on any atom is 0.406 e. The Labute approximate surface area is 124 Å². The molecule has 0 aromatic rings. The van der Waals surface area contributed by atoms with E-state index in [1.54, 1.807) is 6.07 Å². The zero-order valence-electron chi connectivity index (χ0n) is 12.6. The Balaban J connectivity index is 2.57. The third-order valence-corrected chi connectivity index (χ3v) is 4.27. The largest absolute Gasteiger partial charge is 0.406 e. The fourth-order valence-corrected chi connectivity index (χ4v) is 3.00. The van der Waals surface area contributed by atoms with Crippen molar-refractivity contribution in [3.8, 4) is 6.07 Å². The average Bonchev–Trinajstić information content (AvgIpc) is 2.37. The van der Waals surface area contributed by atoms with Gasteiger partial charge in [-0.15, -0.1) is 0 Å². The molecule has 0 aromatic carbocycles. The second-order valence-electron chi connectivity index (χ2n) is 6.25. The molecule has 1 aliphatic carbocycles. The molecule has 1 amide bonds. The van der Waals surface area contributed by atoms with Crippen molar-refractivity contribution >= 4 is 5.91 Å². The van der Waals surface area contributed by atoms with Gasteiger partial charge in [-0.2, -0.15) is 18.4 Å². The zero-order valence-corrected chi connectivity index (χ0v) is 12.6. The van der Waals surface area contributed by atoms with Crippen LogP contribution >= 0.6 is 0 Å². The first-order valence-electron chi connectivity index (χ1n) is 7.44. The van der Waals surface area contributed by atoms with E-state index in [0.29, 0.717) is 11.8 Å². The summed E-state index contributed by atoms with van der Waals surface area (Å²) in [6.07, 6.45) is -1.17. The Morgan fingerprint density at radius 2 is 1.86 bits per heavy atom. The third-order valence-electron chi connectivity index (χ3n) is 4.27. The van der Waals surface area contributed by atoms with E-state index < -0.39 is 25.0 Å². The number of nitriles is 1. The molecule has 1 aliphatic rings. The number of hydrogen-bond acceptors (Lipinski definition) is 2. The van der Waals surface area contributed by atoms with Crippen LogP contribution in [0.4, 0.5) is 13.2 Å². The van der Waals surface area contributed by atoms with Gasteiger partial charge in [-0.1, -0.05) is 13.8 Å². The molecule has 1 fully saturated rings. The predicted molar refractivity (Wildman–Crippen MR) is 73.2 cm³/mol. The Bertz CT molecular complexity index is 379. The monoisotopic (exact) mass is 304 g/mol. The Hall–Kier alpha value is -1.25. The molecule has 0 bridgehead atoms. The highest BCUT2D eigenvalue weighted by atomic mass is 19.4. The van der Waals surface area contributed by atoms with Gasteiger partial charge in [0.1, 0.15) is 13.0 Å². The maximum atomic E-state index is 12.6. The molecule has 0 saturated heterocycles. The van der Waals surface area contributed by atoms with Crippen molar-refractivity contribution in [3.05, 3.63) is 0 Å². The molecule has 0 unspecified atom stereocenters. The van der Waals surface area contributed by atoms with Crippen molar-refractivity contribution in [2.45, 2.75) is 52.1 Å². The summed E-state index contributed by atoms with van der Waals surface area (Å²) in [6.45, 7) is 3.19. The molecule has 0 radical (unpaired) electrons. The maximum absolute atomic E-state index is 12.6. The third kappa shape index (κ3) is 6.36. The molecular weight excluding hydrogens is 281 g/mol. The number of carbonyl (C=O) groups excluding carboxylic acids is 1. The van der Waals surface area contributed by atoms with E-state index in [1.165, 1.54) is 0 Å². The molecule has 21 heavy (non-hydrogen) atoms. The molecule has 0 aliphatic heterocycles. The number of halogens is 3. The highest BCUT2D eigenvalue weighted by molar-refractivity contribution is 5.78. The van der Waals surface area contributed by atoms with Gasteiger partial charge in [0.25, 0.3) is 0 Å². The summed E-state index contributed by atoms with van der Waals surface area (Å²) >= 11 is 0. The molecule has 0 N–H and O–H groups in total. The van der Waals surface area contributed by atoms with Crippen LogP contribution in [0.1, 0.15) is 46.0 Å². The van der Waals surface area contributed by atoms with Gasteiger partial charge < -0.3 is 4.90 Å². The van der Waals surface area contributed by atoms with Gasteiger partial charge in [0.15, 0.2) is 0 Å². The van der Waals surface area contributed by atoms with E-state index in [4.69, 9.17) is 5.26 Å². The number of carbonyl (C=O) groups is 1. The highest BCUT2D eigenvalue weighted by Crippen LogP contribution is 2.34. The van der Waals surface area contributed by atoms with Crippen LogP contribution in [0.15, 0.2) is 0 Å². The lowest BCUT2D eigenvalue weighted by atomic mass is 9.77. The van der Waals surface area contributed by atoms with Gasteiger partial charge in [-0.3, -0.25) is 4.79 Å². The average molecular weight is 304 g/mol. The smallest absolute Gasteiger partial charge is 0.332 e. The Morgan fingerprint density at radius 3 is 2.29 bits per heavy atom. The fraction of sp³-hybridized carbons (Fsp3) is 0.867. The van der Waals surface area contributed by atoms with Gasteiger partial charge in [-0.05, 0) is 43.4 Å². The second-order valence-corrected chi connectivity index (χ2v) is 6.25. The van der Waals surface area contributed by atoms with Crippen LogP contribution in [-0.4, -0.2) is 30.1 Å². The van der Waals surface area contributed by atoms with E-state index in [-0.39, 0.29) is 12.5 Å². The lowest BCUT2D eigenvalue weighted by Crippen LogP contribution is -2.42. The summed E-state index contributed by atoms with van der Waals surface area (Å²) in [7, 11) is 0. The SMILES string of the molecule is CC(C)C1CCC(CN(CC(F)(F)F)C(=O)CC#N)CC1. The fourth-order valence-electron chi connectivity index (χ4n) is 3.00. The van der Waals surface area contributed by atoms with Crippen molar-refractivity contribution in [2.75, 3.05) is 13.1 Å². The lowest BCUT2D eigenvalue weighted by Gasteiger charge is -2.34. The van der Waals surface area contributed by atoms with E-state index in [9.17, 15) is 18.0 Å². The van der Waals surface area contributed by atoms with Gasteiger partial charge in [0.05, 0.1) is 6.07 Å². The normalized spacial score (nSPS) is 22.9. The lowest BCUT2D eigenvalue weighted by molar-refractivity contribution is -0.162. The minimum absolute atomic E-state index is 0.116. The van der Waals surface area contributed by atoms with Crippen molar-refractivity contribution < 1.29 is 18.0 Å². The van der Waals surface area contributed by atoms with Crippen molar-refractivity contribution in [2.24, 2.45) is 17.8 Å². The van der Waals surface area contributed by atoms with E-state index >= 15 is 0 Å². The highest BCUT2D eigenvalue weighted by Gasteiger charge is 2.34. The first kappa shape index (κ1) is 17.8. The molecule has 6 heteroatoms. The van der Waals surface area contributed by atoms with Crippen LogP contribution < -0.4 is 0 Å². The van der Waals surface area contributed by atoms with E-state index in [0.717, 1.165) is 30.6 Å². The summed E-state index contributed by atoms with van der Waals surface area (Å²) in [5.74, 6) is 0.621. The first-order valence-corrected chi connectivity index (χ1v) is 7.44. The Kier molecular flexibility index (Phi) is 6.50. The van der Waals surface area contributed by atoms with Crippen molar-refractivity contribution in [1.29, 1.82) is 5.26 Å². The van der Waals surface area contributed by atoms with Crippen molar-refractivity contribution in [1.82, 2.24) is 4.90 Å². The number of alkyl halides is 3. The molecule has 0 atom stereocenters. The number of hydrogen-bond donors (Lipinski definition) is 0. The summed E-state index contributed by atoms with van der Waals surface area (Å²) < 4.78 is 37.7. The molecule has 0 spiro atoms. The van der Waals surface area contributed by atoms with Crippen LogP contribution in [-0.2, 0) is 4.79 Å². The van der Waals surface area contributed by atoms with Gasteiger partial charge in [0, 0.05) is 6.54 Å². The number of rotatable bonds is 5. The first-order chi connectivity index (χ1) is 9.73. The van der Waals surface area contributed by atoms with Crippen LogP contribution in [0, 0.1) is 29.1 Å². The molecule has 120 valence electrons. The summed E-state index contributed by atoms with van der Waals surface area (Å²) in [6, 6.07) is 1.63. The quantitative estimate of drug-likeness (QED) is 0.776. The topological polar surface area (TPSA) is 44.1 Å². The van der Waals surface area contributed by atoms with E-state index in [1.807, 2.05) is 0 Å². The summed E-state index contributed by atoms with van der Waals surface area (Å²) in [5, 5.41) is 8.51. The minimum Gasteiger partial charge on any atom is -0.332 e.